The Morgan fingerprint density at radius 1 is 1.24 bits per heavy atom. The van der Waals surface area contributed by atoms with Crippen molar-refractivity contribution in [1.82, 2.24) is 0 Å². The molecule has 0 saturated heterocycles. The monoisotopic (exact) mass is 234 g/mol. The Morgan fingerprint density at radius 2 is 2.06 bits per heavy atom. The molecule has 0 amide bonds. The minimum atomic E-state index is 0.346. The smallest absolute Gasteiger partial charge is 0.122 e. The first kappa shape index (κ1) is 12.4. The summed E-state index contributed by atoms with van der Waals surface area (Å²) in [5, 5.41) is 0. The van der Waals surface area contributed by atoms with Crippen LogP contribution in [0.25, 0.3) is 0 Å². The molecular weight excluding hydrogens is 212 g/mol. The minimum Gasteiger partial charge on any atom is -0.496 e. The molecule has 2 nitrogen and oxygen atoms in total. The van der Waals surface area contributed by atoms with Crippen LogP contribution in [-0.4, -0.2) is 20.3 Å². The van der Waals surface area contributed by atoms with Crippen LogP contribution < -0.4 is 4.74 Å². The topological polar surface area (TPSA) is 18.5 Å². The molecule has 0 bridgehead atoms. The third kappa shape index (κ3) is 2.47. The molecule has 1 aromatic rings. The van der Waals surface area contributed by atoms with Crippen molar-refractivity contribution in [3.63, 3.8) is 0 Å². The van der Waals surface area contributed by atoms with Gasteiger partial charge in [0, 0.05) is 13.5 Å². The Balaban J connectivity index is 2.28. The zero-order chi connectivity index (χ0) is 12.3. The zero-order valence-corrected chi connectivity index (χ0v) is 11.0. The molecule has 2 atom stereocenters. The van der Waals surface area contributed by atoms with E-state index in [1.54, 1.807) is 7.11 Å². The first-order chi connectivity index (χ1) is 8.30. The summed E-state index contributed by atoms with van der Waals surface area (Å²) in [7, 11) is 3.57. The van der Waals surface area contributed by atoms with Gasteiger partial charge in [0.2, 0.25) is 0 Å². The first-order valence-corrected chi connectivity index (χ1v) is 6.47. The van der Waals surface area contributed by atoms with Gasteiger partial charge in [0.05, 0.1) is 13.2 Å². The van der Waals surface area contributed by atoms with Crippen LogP contribution in [0.1, 0.15) is 30.9 Å². The number of fused-ring (bicyclic) bond motifs is 1. The molecule has 2 heteroatoms. The summed E-state index contributed by atoms with van der Waals surface area (Å²) in [6.07, 6.45) is 4.93. The molecule has 0 spiro atoms. The van der Waals surface area contributed by atoms with Gasteiger partial charge in [-0.15, -0.1) is 0 Å². The maximum atomic E-state index is 5.66. The molecule has 0 N–H and O–H groups in total. The third-order valence-electron chi connectivity index (χ3n) is 3.83. The zero-order valence-electron chi connectivity index (χ0n) is 11.0. The van der Waals surface area contributed by atoms with E-state index in [4.69, 9.17) is 9.47 Å². The van der Waals surface area contributed by atoms with Crippen molar-refractivity contribution >= 4 is 0 Å². The molecule has 0 aromatic heterocycles. The molecule has 1 aromatic carbocycles. The maximum Gasteiger partial charge on any atom is 0.122 e. The van der Waals surface area contributed by atoms with Crippen molar-refractivity contribution in [2.45, 2.75) is 38.7 Å². The number of hydrogen-bond donors (Lipinski definition) is 0. The molecule has 0 radical (unpaired) electrons. The van der Waals surface area contributed by atoms with Gasteiger partial charge in [-0.3, -0.25) is 0 Å². The lowest BCUT2D eigenvalue weighted by molar-refractivity contribution is 0.0418. The molecule has 2 rings (SSSR count). The number of hydrogen-bond acceptors (Lipinski definition) is 2. The van der Waals surface area contributed by atoms with E-state index in [9.17, 15) is 0 Å². The van der Waals surface area contributed by atoms with Crippen LogP contribution in [0.4, 0.5) is 0 Å². The van der Waals surface area contributed by atoms with Crippen LogP contribution in [0.15, 0.2) is 18.2 Å². The van der Waals surface area contributed by atoms with Crippen molar-refractivity contribution in [2.75, 3.05) is 14.2 Å². The van der Waals surface area contributed by atoms with E-state index in [2.05, 4.69) is 19.1 Å². The van der Waals surface area contributed by atoms with Crippen LogP contribution in [0, 0.1) is 5.92 Å². The Hall–Kier alpha value is -1.02. The van der Waals surface area contributed by atoms with Gasteiger partial charge in [-0.1, -0.05) is 25.5 Å². The number of methoxy groups -OCH3 is 2. The lowest BCUT2D eigenvalue weighted by atomic mass is 9.79. The molecule has 1 aliphatic carbocycles. The van der Waals surface area contributed by atoms with Gasteiger partial charge < -0.3 is 9.47 Å². The largest absolute Gasteiger partial charge is 0.496 e. The van der Waals surface area contributed by atoms with E-state index in [1.165, 1.54) is 24.0 Å². The van der Waals surface area contributed by atoms with Gasteiger partial charge in [0.25, 0.3) is 0 Å². The molecule has 17 heavy (non-hydrogen) atoms. The van der Waals surface area contributed by atoms with Gasteiger partial charge in [-0.2, -0.15) is 0 Å². The summed E-state index contributed by atoms with van der Waals surface area (Å²) in [5.41, 5.74) is 2.78. The van der Waals surface area contributed by atoms with E-state index in [0.29, 0.717) is 12.0 Å². The summed E-state index contributed by atoms with van der Waals surface area (Å²) in [5.74, 6) is 1.67. The molecule has 1 aliphatic rings. The molecule has 0 heterocycles. The summed E-state index contributed by atoms with van der Waals surface area (Å²) < 4.78 is 11.1. The van der Waals surface area contributed by atoms with Crippen molar-refractivity contribution in [3.8, 4) is 5.75 Å². The Labute approximate surface area is 104 Å². The van der Waals surface area contributed by atoms with Gasteiger partial charge in [0.15, 0.2) is 0 Å². The minimum absolute atomic E-state index is 0.346. The van der Waals surface area contributed by atoms with E-state index in [0.717, 1.165) is 18.6 Å². The quantitative estimate of drug-likeness (QED) is 0.796. The molecule has 0 aliphatic heterocycles. The van der Waals surface area contributed by atoms with Crippen LogP contribution in [0.5, 0.6) is 5.75 Å². The number of ether oxygens (including phenoxy) is 2. The van der Waals surface area contributed by atoms with Gasteiger partial charge >= 0.3 is 0 Å². The second-order valence-electron chi connectivity index (χ2n) is 4.83. The van der Waals surface area contributed by atoms with Crippen molar-refractivity contribution in [3.05, 3.63) is 29.3 Å². The van der Waals surface area contributed by atoms with Crippen LogP contribution >= 0.6 is 0 Å². The lowest BCUT2D eigenvalue weighted by Crippen LogP contribution is -2.32. The Bertz CT molecular complexity index is 373. The van der Waals surface area contributed by atoms with Gasteiger partial charge in [0.1, 0.15) is 5.75 Å². The van der Waals surface area contributed by atoms with E-state index in [1.807, 2.05) is 13.2 Å². The van der Waals surface area contributed by atoms with Crippen LogP contribution in [0.3, 0.4) is 0 Å². The predicted octanol–water partition coefficient (Wildman–Crippen LogP) is 3.23. The fourth-order valence-electron chi connectivity index (χ4n) is 2.94. The average molecular weight is 234 g/mol. The summed E-state index contributed by atoms with van der Waals surface area (Å²) in [6, 6.07) is 6.37. The van der Waals surface area contributed by atoms with E-state index in [-0.39, 0.29) is 0 Å². The molecule has 0 saturated carbocycles. The summed E-state index contributed by atoms with van der Waals surface area (Å²) in [4.78, 5) is 0. The molecule has 94 valence electrons. The fraction of sp³-hybridized carbons (Fsp3) is 0.600. The third-order valence-corrected chi connectivity index (χ3v) is 3.83. The SMILES string of the molecule is CCC[C@@H]1Cc2cccc(OC)c2C[C@H]1OC. The number of benzene rings is 1. The maximum absolute atomic E-state index is 5.66. The summed E-state index contributed by atoms with van der Waals surface area (Å²) >= 11 is 0. The van der Waals surface area contributed by atoms with E-state index < -0.39 is 0 Å². The standard InChI is InChI=1S/C15H22O2/c1-4-6-12-9-11-7-5-8-14(16-2)13(11)10-15(12)17-3/h5,7-8,12,15H,4,6,9-10H2,1-3H3/t12-,15-/m1/s1. The highest BCUT2D eigenvalue weighted by atomic mass is 16.5. The molecular formula is C15H22O2. The predicted molar refractivity (Wildman–Crippen MR) is 69.6 cm³/mol. The number of rotatable bonds is 4. The normalized spacial score (nSPS) is 23.2. The second-order valence-corrected chi connectivity index (χ2v) is 4.83. The highest BCUT2D eigenvalue weighted by Crippen LogP contribution is 2.35. The molecule has 0 fully saturated rings. The van der Waals surface area contributed by atoms with Crippen LogP contribution in [-0.2, 0) is 17.6 Å². The fourth-order valence-corrected chi connectivity index (χ4v) is 2.94. The van der Waals surface area contributed by atoms with Crippen LogP contribution in [0.2, 0.25) is 0 Å². The average Bonchev–Trinajstić information content (AvgIpc) is 2.37. The summed E-state index contributed by atoms with van der Waals surface area (Å²) in [6.45, 7) is 2.24. The highest BCUT2D eigenvalue weighted by Gasteiger charge is 2.29. The lowest BCUT2D eigenvalue weighted by Gasteiger charge is -2.32. The van der Waals surface area contributed by atoms with Crippen molar-refractivity contribution in [1.29, 1.82) is 0 Å². The molecule has 0 unspecified atom stereocenters. The van der Waals surface area contributed by atoms with Gasteiger partial charge in [-0.05, 0) is 36.0 Å². The second kappa shape index (κ2) is 5.54. The highest BCUT2D eigenvalue weighted by molar-refractivity contribution is 5.42. The van der Waals surface area contributed by atoms with Crippen molar-refractivity contribution in [2.24, 2.45) is 5.92 Å². The van der Waals surface area contributed by atoms with Crippen molar-refractivity contribution < 1.29 is 9.47 Å². The van der Waals surface area contributed by atoms with E-state index >= 15 is 0 Å². The Kier molecular flexibility index (Phi) is 4.06. The van der Waals surface area contributed by atoms with Gasteiger partial charge in [-0.25, -0.2) is 0 Å². The first-order valence-electron chi connectivity index (χ1n) is 6.47. The Morgan fingerprint density at radius 3 is 2.71 bits per heavy atom.